The maximum atomic E-state index is 11.8. The molecule has 1 aromatic rings. The summed E-state index contributed by atoms with van der Waals surface area (Å²) in [5, 5.41) is 2.29. The average molecular weight is 286 g/mol. The van der Waals surface area contributed by atoms with E-state index in [0.29, 0.717) is 23.2 Å². The first-order valence-corrected chi connectivity index (χ1v) is 6.50. The summed E-state index contributed by atoms with van der Waals surface area (Å²) in [6, 6.07) is 5.29. The summed E-state index contributed by atoms with van der Waals surface area (Å²) in [4.78, 5) is 17.1. The topological polar surface area (TPSA) is 29.5 Å². The second-order valence-electron chi connectivity index (χ2n) is 3.96. The van der Waals surface area contributed by atoms with Crippen molar-refractivity contribution in [1.29, 1.82) is 0 Å². The number of hydroxylamine groups is 2. The zero-order valence-corrected chi connectivity index (χ0v) is 11.2. The molecule has 0 N–H and O–H groups in total. The van der Waals surface area contributed by atoms with Gasteiger partial charge in [0.15, 0.2) is 0 Å². The lowest BCUT2D eigenvalue weighted by atomic mass is 10.2. The predicted octanol–water partition coefficient (Wildman–Crippen LogP) is 3.56. The molecule has 1 amide bonds. The zero-order valence-electron chi connectivity index (χ0n) is 9.73. The van der Waals surface area contributed by atoms with Crippen LogP contribution in [0.25, 0.3) is 6.08 Å². The van der Waals surface area contributed by atoms with Crippen molar-refractivity contribution in [2.45, 2.75) is 12.8 Å². The monoisotopic (exact) mass is 285 g/mol. The van der Waals surface area contributed by atoms with Gasteiger partial charge < -0.3 is 0 Å². The highest BCUT2D eigenvalue weighted by Gasteiger charge is 2.15. The minimum atomic E-state index is -0.175. The van der Waals surface area contributed by atoms with Crippen molar-refractivity contribution >= 4 is 35.2 Å². The fourth-order valence-electron chi connectivity index (χ4n) is 1.66. The molecule has 1 fully saturated rings. The maximum absolute atomic E-state index is 11.8. The molecule has 1 aliphatic rings. The molecule has 1 heterocycles. The molecular formula is C13H13Cl2NO2. The highest BCUT2D eigenvalue weighted by atomic mass is 35.5. The third kappa shape index (κ3) is 3.25. The number of amides is 1. The molecule has 2 rings (SSSR count). The third-order valence-electron chi connectivity index (χ3n) is 2.64. The average Bonchev–Trinajstić information content (AvgIpc) is 2.41. The van der Waals surface area contributed by atoms with Crippen LogP contribution in [-0.4, -0.2) is 24.1 Å². The Bertz CT molecular complexity index is 468. The zero-order chi connectivity index (χ0) is 13.0. The van der Waals surface area contributed by atoms with Gasteiger partial charge in [-0.05, 0) is 30.5 Å². The van der Waals surface area contributed by atoms with E-state index in [1.807, 2.05) is 0 Å². The van der Waals surface area contributed by atoms with E-state index in [1.54, 1.807) is 24.3 Å². The molecule has 0 bridgehead atoms. The van der Waals surface area contributed by atoms with Gasteiger partial charge in [0.1, 0.15) is 0 Å². The van der Waals surface area contributed by atoms with Crippen LogP contribution >= 0.6 is 23.2 Å². The van der Waals surface area contributed by atoms with Crippen LogP contribution < -0.4 is 0 Å². The lowest BCUT2D eigenvalue weighted by molar-refractivity contribution is -0.191. The fourth-order valence-corrected chi connectivity index (χ4v) is 2.03. The van der Waals surface area contributed by atoms with Crippen molar-refractivity contribution in [2.24, 2.45) is 0 Å². The van der Waals surface area contributed by atoms with E-state index in [-0.39, 0.29) is 5.91 Å². The van der Waals surface area contributed by atoms with Gasteiger partial charge in [0.05, 0.1) is 16.7 Å². The van der Waals surface area contributed by atoms with Crippen LogP contribution in [0.2, 0.25) is 10.0 Å². The number of nitrogens with zero attached hydrogens (tertiary/aromatic N) is 1. The minimum Gasteiger partial charge on any atom is -0.271 e. The van der Waals surface area contributed by atoms with E-state index in [4.69, 9.17) is 28.0 Å². The summed E-state index contributed by atoms with van der Waals surface area (Å²) in [6.07, 6.45) is 5.06. The van der Waals surface area contributed by atoms with E-state index >= 15 is 0 Å². The SMILES string of the molecule is O=C(/C=C/c1cccc(Cl)c1Cl)N1CCCCO1. The lowest BCUT2D eigenvalue weighted by Gasteiger charge is -2.24. The molecule has 0 atom stereocenters. The molecular weight excluding hydrogens is 273 g/mol. The van der Waals surface area contributed by atoms with Gasteiger partial charge in [0.25, 0.3) is 5.91 Å². The molecule has 0 aromatic heterocycles. The van der Waals surface area contributed by atoms with Crippen molar-refractivity contribution in [3.63, 3.8) is 0 Å². The van der Waals surface area contributed by atoms with Crippen LogP contribution in [0.15, 0.2) is 24.3 Å². The van der Waals surface area contributed by atoms with Gasteiger partial charge in [-0.1, -0.05) is 35.3 Å². The molecule has 1 aromatic carbocycles. The smallest absolute Gasteiger partial charge is 0.270 e. The number of benzene rings is 1. The Morgan fingerprint density at radius 3 is 2.89 bits per heavy atom. The van der Waals surface area contributed by atoms with Gasteiger partial charge in [-0.2, -0.15) is 0 Å². The molecule has 18 heavy (non-hydrogen) atoms. The summed E-state index contributed by atoms with van der Waals surface area (Å²) in [5.74, 6) is -0.175. The van der Waals surface area contributed by atoms with Crippen LogP contribution in [0, 0.1) is 0 Å². The summed E-state index contributed by atoms with van der Waals surface area (Å²) < 4.78 is 0. The predicted molar refractivity (Wildman–Crippen MR) is 72.4 cm³/mol. The number of rotatable bonds is 2. The molecule has 0 radical (unpaired) electrons. The highest BCUT2D eigenvalue weighted by Crippen LogP contribution is 2.26. The molecule has 0 aliphatic carbocycles. The number of carbonyl (C=O) groups excluding carboxylic acids is 1. The molecule has 0 spiro atoms. The van der Waals surface area contributed by atoms with E-state index < -0.39 is 0 Å². The van der Waals surface area contributed by atoms with Crippen molar-refractivity contribution in [3.8, 4) is 0 Å². The quantitative estimate of drug-likeness (QED) is 0.778. The first-order valence-electron chi connectivity index (χ1n) is 5.75. The highest BCUT2D eigenvalue weighted by molar-refractivity contribution is 6.42. The van der Waals surface area contributed by atoms with Gasteiger partial charge in [-0.15, -0.1) is 0 Å². The van der Waals surface area contributed by atoms with Crippen LogP contribution in [-0.2, 0) is 9.63 Å². The Balaban J connectivity index is 2.05. The van der Waals surface area contributed by atoms with Gasteiger partial charge >= 0.3 is 0 Å². The minimum absolute atomic E-state index is 0.175. The van der Waals surface area contributed by atoms with E-state index in [1.165, 1.54) is 11.1 Å². The van der Waals surface area contributed by atoms with E-state index in [9.17, 15) is 4.79 Å². The van der Waals surface area contributed by atoms with Crippen molar-refractivity contribution in [2.75, 3.05) is 13.2 Å². The van der Waals surface area contributed by atoms with Crippen LogP contribution in [0.3, 0.4) is 0 Å². The van der Waals surface area contributed by atoms with Crippen LogP contribution in [0.1, 0.15) is 18.4 Å². The molecule has 96 valence electrons. The van der Waals surface area contributed by atoms with Crippen LogP contribution in [0.5, 0.6) is 0 Å². The van der Waals surface area contributed by atoms with Crippen molar-refractivity contribution in [3.05, 3.63) is 39.9 Å². The number of hydrogen-bond acceptors (Lipinski definition) is 2. The van der Waals surface area contributed by atoms with Gasteiger partial charge in [0.2, 0.25) is 0 Å². The Hall–Kier alpha value is -1.03. The summed E-state index contributed by atoms with van der Waals surface area (Å²) in [5.41, 5.74) is 0.717. The first kappa shape index (κ1) is 13.4. The van der Waals surface area contributed by atoms with Gasteiger partial charge in [-0.3, -0.25) is 9.63 Å². The number of hydrogen-bond donors (Lipinski definition) is 0. The molecule has 1 saturated heterocycles. The summed E-state index contributed by atoms with van der Waals surface area (Å²) in [7, 11) is 0. The molecule has 0 saturated carbocycles. The lowest BCUT2D eigenvalue weighted by Crippen LogP contribution is -2.34. The standard InChI is InChI=1S/C13H13Cl2NO2/c14-11-5-3-4-10(13(11)15)6-7-12(17)16-8-1-2-9-18-16/h3-7H,1-2,8-9H2/b7-6+. The number of halogens is 2. The molecule has 0 unspecified atom stereocenters. The summed E-state index contributed by atoms with van der Waals surface area (Å²) >= 11 is 11.9. The molecule has 5 heteroatoms. The second-order valence-corrected chi connectivity index (χ2v) is 4.74. The Morgan fingerprint density at radius 1 is 1.33 bits per heavy atom. The van der Waals surface area contributed by atoms with Gasteiger partial charge in [0, 0.05) is 12.6 Å². The third-order valence-corrected chi connectivity index (χ3v) is 3.47. The first-order chi connectivity index (χ1) is 8.68. The normalized spacial score (nSPS) is 16.2. The van der Waals surface area contributed by atoms with Crippen molar-refractivity contribution < 1.29 is 9.63 Å². The second kappa shape index (κ2) is 6.23. The van der Waals surface area contributed by atoms with Crippen molar-refractivity contribution in [1.82, 2.24) is 5.06 Å². The Morgan fingerprint density at radius 2 is 2.17 bits per heavy atom. The summed E-state index contributed by atoms with van der Waals surface area (Å²) in [6.45, 7) is 1.23. The Labute approximate surface area is 116 Å². The van der Waals surface area contributed by atoms with E-state index in [0.717, 1.165) is 18.4 Å². The van der Waals surface area contributed by atoms with E-state index in [2.05, 4.69) is 0 Å². The van der Waals surface area contributed by atoms with Gasteiger partial charge in [-0.25, -0.2) is 5.06 Å². The Kier molecular flexibility index (Phi) is 4.64. The van der Waals surface area contributed by atoms with Crippen LogP contribution in [0.4, 0.5) is 0 Å². The fraction of sp³-hybridized carbons (Fsp3) is 0.308. The number of carbonyl (C=O) groups is 1. The maximum Gasteiger partial charge on any atom is 0.270 e. The molecule has 1 aliphatic heterocycles. The largest absolute Gasteiger partial charge is 0.271 e. The molecule has 3 nitrogen and oxygen atoms in total.